The van der Waals surface area contributed by atoms with Crippen molar-refractivity contribution in [2.45, 2.75) is 58.8 Å². The fourth-order valence-corrected chi connectivity index (χ4v) is 3.12. The monoisotopic (exact) mass is 281 g/mol. The van der Waals surface area contributed by atoms with Crippen LogP contribution in [0, 0.1) is 23.2 Å². The van der Waals surface area contributed by atoms with Crippen LogP contribution in [-0.4, -0.2) is 24.1 Å². The molecule has 0 saturated heterocycles. The van der Waals surface area contributed by atoms with Crippen LogP contribution in [0.15, 0.2) is 5.16 Å². The lowest BCUT2D eigenvalue weighted by atomic mass is 9.86. The number of amidine groups is 1. The number of hydrogen-bond acceptors (Lipinski definition) is 3. The number of nitrogens with two attached hydrogens (primary N) is 1. The molecule has 2 rings (SSSR count). The lowest BCUT2D eigenvalue weighted by molar-refractivity contribution is 0.304. The summed E-state index contributed by atoms with van der Waals surface area (Å²) in [6.07, 6.45) is 9.14. The average molecular weight is 281 g/mol. The van der Waals surface area contributed by atoms with Crippen LogP contribution in [-0.2, 0) is 0 Å². The van der Waals surface area contributed by atoms with Crippen molar-refractivity contribution in [1.82, 2.24) is 5.32 Å². The van der Waals surface area contributed by atoms with E-state index in [1.54, 1.807) is 0 Å². The van der Waals surface area contributed by atoms with Gasteiger partial charge in [-0.25, -0.2) is 0 Å². The predicted molar refractivity (Wildman–Crippen MR) is 82.8 cm³/mol. The molecule has 0 radical (unpaired) electrons. The third-order valence-electron chi connectivity index (χ3n) is 5.04. The maximum Gasteiger partial charge on any atom is 0.144 e. The molecule has 2 aliphatic rings. The molecule has 0 aromatic heterocycles. The van der Waals surface area contributed by atoms with Gasteiger partial charge in [0, 0.05) is 5.41 Å². The van der Waals surface area contributed by atoms with E-state index < -0.39 is 0 Å². The van der Waals surface area contributed by atoms with Crippen LogP contribution >= 0.6 is 0 Å². The van der Waals surface area contributed by atoms with Gasteiger partial charge in [0.1, 0.15) is 5.84 Å². The molecule has 2 saturated carbocycles. The molecule has 2 aliphatic carbocycles. The minimum Gasteiger partial charge on any atom is -0.409 e. The summed E-state index contributed by atoms with van der Waals surface area (Å²) in [5.74, 6) is 3.38. The van der Waals surface area contributed by atoms with Gasteiger partial charge in [-0.15, -0.1) is 0 Å². The second kappa shape index (κ2) is 6.79. The first kappa shape index (κ1) is 15.6. The molecule has 0 spiro atoms. The highest BCUT2D eigenvalue weighted by Gasteiger charge is 2.40. The van der Waals surface area contributed by atoms with E-state index in [9.17, 15) is 0 Å². The van der Waals surface area contributed by atoms with Gasteiger partial charge in [-0.2, -0.15) is 0 Å². The third-order valence-corrected chi connectivity index (χ3v) is 5.04. The molecule has 4 N–H and O–H groups in total. The van der Waals surface area contributed by atoms with E-state index in [0.29, 0.717) is 5.84 Å². The zero-order valence-corrected chi connectivity index (χ0v) is 13.1. The summed E-state index contributed by atoms with van der Waals surface area (Å²) in [5, 5.41) is 15.5. The Hall–Kier alpha value is -0.770. The quantitative estimate of drug-likeness (QED) is 0.189. The van der Waals surface area contributed by atoms with Crippen LogP contribution < -0.4 is 11.1 Å². The number of oxime groups is 1. The number of unbranched alkanes of at least 4 members (excludes halogenated alkanes) is 1. The van der Waals surface area contributed by atoms with Crippen LogP contribution in [0.5, 0.6) is 0 Å². The molecule has 0 aromatic rings. The molecule has 2 fully saturated rings. The number of rotatable bonds is 10. The number of nitrogens with one attached hydrogen (secondary N) is 1. The summed E-state index contributed by atoms with van der Waals surface area (Å²) >= 11 is 0. The molecule has 4 heteroatoms. The van der Waals surface area contributed by atoms with E-state index in [-0.39, 0.29) is 5.41 Å². The minimum atomic E-state index is -0.195. The highest BCUT2D eigenvalue weighted by Crippen LogP contribution is 2.48. The Kier molecular flexibility index (Phi) is 5.30. The molecule has 0 aromatic carbocycles. The minimum absolute atomic E-state index is 0.195. The molecule has 0 unspecified atom stereocenters. The predicted octanol–water partition coefficient (Wildman–Crippen LogP) is 2.96. The van der Waals surface area contributed by atoms with Gasteiger partial charge in [0.05, 0.1) is 0 Å². The van der Waals surface area contributed by atoms with Crippen molar-refractivity contribution in [3.63, 3.8) is 0 Å². The van der Waals surface area contributed by atoms with E-state index in [0.717, 1.165) is 37.1 Å². The maximum absolute atomic E-state index is 8.74. The van der Waals surface area contributed by atoms with Crippen molar-refractivity contribution in [1.29, 1.82) is 0 Å². The van der Waals surface area contributed by atoms with Gasteiger partial charge in [-0.1, -0.05) is 25.4 Å². The van der Waals surface area contributed by atoms with Gasteiger partial charge >= 0.3 is 0 Å². The Morgan fingerprint density at radius 1 is 1.25 bits per heavy atom. The van der Waals surface area contributed by atoms with Crippen LogP contribution in [0.1, 0.15) is 58.8 Å². The highest BCUT2D eigenvalue weighted by atomic mass is 16.4. The van der Waals surface area contributed by atoms with Crippen molar-refractivity contribution in [3.05, 3.63) is 0 Å². The van der Waals surface area contributed by atoms with E-state index in [2.05, 4.69) is 10.5 Å². The van der Waals surface area contributed by atoms with Crippen LogP contribution in [0.4, 0.5) is 0 Å². The van der Waals surface area contributed by atoms with Crippen molar-refractivity contribution >= 4 is 5.84 Å². The summed E-state index contributed by atoms with van der Waals surface area (Å²) in [6, 6.07) is 0. The van der Waals surface area contributed by atoms with Crippen molar-refractivity contribution in [3.8, 4) is 0 Å². The lowest BCUT2D eigenvalue weighted by Crippen LogP contribution is -2.32. The molecule has 116 valence electrons. The second-order valence-corrected chi connectivity index (χ2v) is 7.37. The summed E-state index contributed by atoms with van der Waals surface area (Å²) in [7, 11) is 0. The molecule has 0 heterocycles. The fraction of sp³-hybridized carbons (Fsp3) is 0.938. The Balaban J connectivity index is 1.53. The first-order valence-electron chi connectivity index (χ1n) is 8.23. The van der Waals surface area contributed by atoms with Gasteiger partial charge in [-0.05, 0) is 69.4 Å². The Morgan fingerprint density at radius 2 is 1.85 bits per heavy atom. The molecule has 20 heavy (non-hydrogen) atoms. The largest absolute Gasteiger partial charge is 0.409 e. The Morgan fingerprint density at radius 3 is 2.35 bits per heavy atom. The normalized spacial score (nSPS) is 20.6. The van der Waals surface area contributed by atoms with E-state index in [1.807, 2.05) is 13.8 Å². The zero-order valence-electron chi connectivity index (χ0n) is 13.1. The molecule has 0 amide bonds. The van der Waals surface area contributed by atoms with Gasteiger partial charge in [0.2, 0.25) is 0 Å². The van der Waals surface area contributed by atoms with Gasteiger partial charge in [0.25, 0.3) is 0 Å². The van der Waals surface area contributed by atoms with Crippen molar-refractivity contribution < 1.29 is 5.21 Å². The van der Waals surface area contributed by atoms with Gasteiger partial charge in [-0.3, -0.25) is 0 Å². The van der Waals surface area contributed by atoms with Gasteiger partial charge in [0.15, 0.2) is 0 Å². The molecule has 0 bridgehead atoms. The molecule has 0 atom stereocenters. The van der Waals surface area contributed by atoms with Gasteiger partial charge < -0.3 is 16.3 Å². The van der Waals surface area contributed by atoms with Crippen molar-refractivity contribution in [2.75, 3.05) is 13.1 Å². The molecular weight excluding hydrogens is 250 g/mol. The smallest absolute Gasteiger partial charge is 0.144 e. The Bertz CT molecular complexity index is 321. The summed E-state index contributed by atoms with van der Waals surface area (Å²) in [6.45, 7) is 6.39. The molecule has 0 aliphatic heterocycles. The first-order chi connectivity index (χ1) is 9.54. The summed E-state index contributed by atoms with van der Waals surface area (Å²) < 4.78 is 0. The molecular formula is C16H31N3O. The van der Waals surface area contributed by atoms with Crippen LogP contribution in [0.3, 0.4) is 0 Å². The first-order valence-corrected chi connectivity index (χ1v) is 8.23. The summed E-state index contributed by atoms with van der Waals surface area (Å²) in [4.78, 5) is 0. The van der Waals surface area contributed by atoms with E-state index in [4.69, 9.17) is 10.9 Å². The van der Waals surface area contributed by atoms with E-state index >= 15 is 0 Å². The Labute approximate surface area is 123 Å². The molecule has 4 nitrogen and oxygen atoms in total. The highest BCUT2D eigenvalue weighted by molar-refractivity contribution is 5.85. The zero-order chi connectivity index (χ0) is 14.6. The maximum atomic E-state index is 8.74. The third kappa shape index (κ3) is 4.65. The average Bonchev–Trinajstić information content (AvgIpc) is 3.28. The standard InChI is InChI=1S/C16H31N3O/c1-16(2,15(17)19-20)9-3-4-10-18-11-14(12-5-6-12)13-7-8-13/h12-14,18,20H,3-11H2,1-2H3,(H2,17,19). The second-order valence-electron chi connectivity index (χ2n) is 7.37. The lowest BCUT2D eigenvalue weighted by Gasteiger charge is -2.22. The van der Waals surface area contributed by atoms with Crippen LogP contribution in [0.2, 0.25) is 0 Å². The summed E-state index contributed by atoms with van der Waals surface area (Å²) in [5.41, 5.74) is 5.50. The van der Waals surface area contributed by atoms with Crippen LogP contribution in [0.25, 0.3) is 0 Å². The SMILES string of the molecule is CC(C)(CCCCNCC(C1CC1)C1CC1)C(N)=NO. The van der Waals surface area contributed by atoms with E-state index in [1.165, 1.54) is 38.6 Å². The van der Waals surface area contributed by atoms with Crippen molar-refractivity contribution in [2.24, 2.45) is 34.1 Å². The fourth-order valence-electron chi connectivity index (χ4n) is 3.12. The topological polar surface area (TPSA) is 70.6 Å². The number of hydrogen-bond donors (Lipinski definition) is 3. The number of nitrogens with zero attached hydrogens (tertiary/aromatic N) is 1.